The van der Waals surface area contributed by atoms with E-state index in [4.69, 9.17) is 5.84 Å². The Labute approximate surface area is 66.8 Å². The standard InChI is InChI=1S/C5H8N4.C2H6/c1-4-5(9-6)2-7-3-8-4;1-2/h2-3,9H,6H2,1H3;1-2H3. The topological polar surface area (TPSA) is 63.8 Å². The lowest BCUT2D eigenvalue weighted by Crippen LogP contribution is -2.08. The predicted molar refractivity (Wildman–Crippen MR) is 45.9 cm³/mol. The molecule has 1 heterocycles. The van der Waals surface area contributed by atoms with Crippen molar-refractivity contribution in [2.24, 2.45) is 5.84 Å². The molecule has 3 N–H and O–H groups in total. The first-order chi connectivity index (χ1) is 5.34. The molecule has 62 valence electrons. The quantitative estimate of drug-likeness (QED) is 0.469. The first-order valence-electron chi connectivity index (χ1n) is 3.58. The van der Waals surface area contributed by atoms with Gasteiger partial charge in [0.15, 0.2) is 0 Å². The van der Waals surface area contributed by atoms with E-state index in [0.29, 0.717) is 0 Å². The SMILES string of the molecule is CC.Cc1ncncc1NN. The summed E-state index contributed by atoms with van der Waals surface area (Å²) in [6, 6.07) is 0. The van der Waals surface area contributed by atoms with E-state index < -0.39 is 0 Å². The summed E-state index contributed by atoms with van der Waals surface area (Å²) in [6.45, 7) is 5.86. The van der Waals surface area contributed by atoms with Gasteiger partial charge in [0.1, 0.15) is 6.33 Å². The number of hydrazine groups is 1. The second-order valence-corrected chi connectivity index (χ2v) is 1.67. The van der Waals surface area contributed by atoms with E-state index in [1.165, 1.54) is 6.33 Å². The van der Waals surface area contributed by atoms with Crippen LogP contribution in [0.3, 0.4) is 0 Å². The number of rotatable bonds is 1. The summed E-state index contributed by atoms with van der Waals surface area (Å²) in [5.74, 6) is 5.12. The Morgan fingerprint density at radius 3 is 2.45 bits per heavy atom. The average molecular weight is 154 g/mol. The Balaban J connectivity index is 0.000000461. The van der Waals surface area contributed by atoms with Crippen molar-refractivity contribution in [2.45, 2.75) is 20.8 Å². The van der Waals surface area contributed by atoms with Crippen molar-refractivity contribution in [1.29, 1.82) is 0 Å². The van der Waals surface area contributed by atoms with Crippen LogP contribution < -0.4 is 11.3 Å². The van der Waals surface area contributed by atoms with Gasteiger partial charge in [-0.15, -0.1) is 0 Å². The van der Waals surface area contributed by atoms with Crippen LogP contribution in [0.25, 0.3) is 0 Å². The fourth-order valence-corrected chi connectivity index (χ4v) is 0.532. The Morgan fingerprint density at radius 2 is 2.09 bits per heavy atom. The molecular weight excluding hydrogens is 140 g/mol. The fourth-order valence-electron chi connectivity index (χ4n) is 0.532. The van der Waals surface area contributed by atoms with E-state index in [2.05, 4.69) is 15.4 Å². The molecule has 0 unspecified atom stereocenters. The highest BCUT2D eigenvalue weighted by Crippen LogP contribution is 2.04. The maximum atomic E-state index is 5.12. The van der Waals surface area contributed by atoms with E-state index in [0.717, 1.165) is 11.4 Å². The second kappa shape index (κ2) is 5.61. The van der Waals surface area contributed by atoms with Crippen LogP contribution in [0.4, 0.5) is 5.69 Å². The number of nitrogens with one attached hydrogen (secondary N) is 1. The van der Waals surface area contributed by atoms with Crippen molar-refractivity contribution < 1.29 is 0 Å². The van der Waals surface area contributed by atoms with Crippen LogP contribution in [0.15, 0.2) is 12.5 Å². The van der Waals surface area contributed by atoms with Gasteiger partial charge in [0, 0.05) is 0 Å². The molecule has 0 saturated carbocycles. The maximum absolute atomic E-state index is 5.12. The minimum Gasteiger partial charge on any atom is -0.321 e. The van der Waals surface area contributed by atoms with E-state index in [-0.39, 0.29) is 0 Å². The monoisotopic (exact) mass is 154 g/mol. The summed E-state index contributed by atoms with van der Waals surface area (Å²) in [4.78, 5) is 7.66. The zero-order chi connectivity index (χ0) is 8.69. The third kappa shape index (κ3) is 2.95. The molecular formula is C7H14N4. The van der Waals surface area contributed by atoms with Gasteiger partial charge in [-0.3, -0.25) is 5.84 Å². The van der Waals surface area contributed by atoms with Crippen molar-refractivity contribution >= 4 is 5.69 Å². The molecule has 0 atom stereocenters. The summed E-state index contributed by atoms with van der Waals surface area (Å²) < 4.78 is 0. The summed E-state index contributed by atoms with van der Waals surface area (Å²) in [6.07, 6.45) is 3.11. The van der Waals surface area contributed by atoms with Crippen LogP contribution in [0.1, 0.15) is 19.5 Å². The van der Waals surface area contributed by atoms with Gasteiger partial charge in [-0.1, -0.05) is 13.8 Å². The molecule has 0 aliphatic rings. The van der Waals surface area contributed by atoms with E-state index in [9.17, 15) is 0 Å². The van der Waals surface area contributed by atoms with Gasteiger partial charge in [-0.2, -0.15) is 0 Å². The highest BCUT2D eigenvalue weighted by atomic mass is 15.2. The van der Waals surface area contributed by atoms with Crippen LogP contribution >= 0.6 is 0 Å². The summed E-state index contributed by atoms with van der Waals surface area (Å²) >= 11 is 0. The molecule has 0 aliphatic carbocycles. The Hall–Kier alpha value is -1.16. The van der Waals surface area contributed by atoms with Crippen molar-refractivity contribution in [3.05, 3.63) is 18.2 Å². The highest BCUT2D eigenvalue weighted by Gasteiger charge is 1.91. The second-order valence-electron chi connectivity index (χ2n) is 1.67. The maximum Gasteiger partial charge on any atom is 0.115 e. The third-order valence-corrected chi connectivity index (χ3v) is 1.07. The van der Waals surface area contributed by atoms with Gasteiger partial charge in [0.25, 0.3) is 0 Å². The minimum absolute atomic E-state index is 0.762. The van der Waals surface area contributed by atoms with Crippen molar-refractivity contribution in [2.75, 3.05) is 5.43 Å². The van der Waals surface area contributed by atoms with Gasteiger partial charge in [-0.25, -0.2) is 9.97 Å². The zero-order valence-electron chi connectivity index (χ0n) is 7.13. The smallest absolute Gasteiger partial charge is 0.115 e. The molecule has 0 aliphatic heterocycles. The molecule has 1 aromatic heterocycles. The van der Waals surface area contributed by atoms with Gasteiger partial charge in [0.05, 0.1) is 17.6 Å². The largest absolute Gasteiger partial charge is 0.321 e. The highest BCUT2D eigenvalue weighted by molar-refractivity contribution is 5.42. The number of hydrogen-bond donors (Lipinski definition) is 2. The third-order valence-electron chi connectivity index (χ3n) is 1.07. The average Bonchev–Trinajstić information content (AvgIpc) is 2.09. The first-order valence-corrected chi connectivity index (χ1v) is 3.58. The van der Waals surface area contributed by atoms with Crippen LogP contribution in [-0.2, 0) is 0 Å². The molecule has 0 radical (unpaired) electrons. The lowest BCUT2D eigenvalue weighted by atomic mass is 10.4. The molecule has 0 saturated heterocycles. The van der Waals surface area contributed by atoms with Crippen molar-refractivity contribution in [1.82, 2.24) is 9.97 Å². The summed E-state index contributed by atoms with van der Waals surface area (Å²) in [7, 11) is 0. The Morgan fingerprint density at radius 1 is 1.45 bits per heavy atom. The number of nitrogens with zero attached hydrogens (tertiary/aromatic N) is 2. The van der Waals surface area contributed by atoms with E-state index >= 15 is 0 Å². The summed E-state index contributed by atoms with van der Waals surface area (Å²) in [5.41, 5.74) is 4.09. The zero-order valence-corrected chi connectivity index (χ0v) is 7.13. The van der Waals surface area contributed by atoms with Gasteiger partial charge in [0.2, 0.25) is 0 Å². The van der Waals surface area contributed by atoms with Crippen LogP contribution in [0.2, 0.25) is 0 Å². The lowest BCUT2D eigenvalue weighted by Gasteiger charge is -1.99. The normalized spacial score (nSPS) is 8.00. The van der Waals surface area contributed by atoms with Gasteiger partial charge >= 0.3 is 0 Å². The van der Waals surface area contributed by atoms with Crippen molar-refractivity contribution in [3.8, 4) is 0 Å². The number of nitrogens with two attached hydrogens (primary N) is 1. The van der Waals surface area contributed by atoms with Crippen LogP contribution in [-0.4, -0.2) is 9.97 Å². The van der Waals surface area contributed by atoms with E-state index in [1.807, 2.05) is 20.8 Å². The molecule has 0 bridgehead atoms. The van der Waals surface area contributed by atoms with Gasteiger partial charge < -0.3 is 5.43 Å². The molecule has 1 aromatic rings. The lowest BCUT2D eigenvalue weighted by molar-refractivity contribution is 1.09. The number of hydrogen-bond acceptors (Lipinski definition) is 4. The Bertz CT molecular complexity index is 199. The van der Waals surface area contributed by atoms with Crippen molar-refractivity contribution in [3.63, 3.8) is 0 Å². The molecule has 0 fully saturated rings. The number of anilines is 1. The minimum atomic E-state index is 0.762. The molecule has 11 heavy (non-hydrogen) atoms. The number of aromatic nitrogens is 2. The molecule has 4 heteroatoms. The van der Waals surface area contributed by atoms with Gasteiger partial charge in [-0.05, 0) is 6.92 Å². The molecule has 0 amide bonds. The molecule has 0 aromatic carbocycles. The number of nitrogen functional groups attached to an aromatic ring is 1. The van der Waals surface area contributed by atoms with Crippen LogP contribution in [0, 0.1) is 6.92 Å². The molecule has 1 rings (SSSR count). The number of aryl methyl sites for hydroxylation is 1. The van der Waals surface area contributed by atoms with Crippen LogP contribution in [0.5, 0.6) is 0 Å². The Kier molecular flexibility index (Phi) is 5.02. The fraction of sp³-hybridized carbons (Fsp3) is 0.429. The predicted octanol–water partition coefficient (Wildman–Crippen LogP) is 1.10. The molecule has 0 spiro atoms. The van der Waals surface area contributed by atoms with E-state index in [1.54, 1.807) is 6.20 Å². The summed E-state index contributed by atoms with van der Waals surface area (Å²) in [5, 5.41) is 0. The molecule has 4 nitrogen and oxygen atoms in total. The first kappa shape index (κ1) is 9.84.